The Morgan fingerprint density at radius 3 is 1.18 bits per heavy atom. The van der Waals surface area contributed by atoms with E-state index in [-0.39, 0.29) is 11.2 Å². The molecule has 6 unspecified atom stereocenters. The summed E-state index contributed by atoms with van der Waals surface area (Å²) in [4.78, 5) is 0. The summed E-state index contributed by atoms with van der Waals surface area (Å²) in [5, 5.41) is 0. The van der Waals surface area contributed by atoms with Gasteiger partial charge in [-0.15, -0.1) is 0 Å². The monoisotopic (exact) mass is 607 g/mol. The second kappa shape index (κ2) is 24.1. The highest BCUT2D eigenvalue weighted by Gasteiger charge is 2.14. The van der Waals surface area contributed by atoms with Crippen LogP contribution in [-0.4, -0.2) is 25.4 Å². The van der Waals surface area contributed by atoms with Gasteiger partial charge in [-0.2, -0.15) is 0 Å². The van der Waals surface area contributed by atoms with Gasteiger partial charge in [-0.1, -0.05) is 139 Å². The van der Waals surface area contributed by atoms with E-state index in [1.807, 2.05) is 0 Å². The van der Waals surface area contributed by atoms with Gasteiger partial charge in [-0.3, -0.25) is 0 Å². The third-order valence-corrected chi connectivity index (χ3v) is 8.04. The van der Waals surface area contributed by atoms with Crippen molar-refractivity contribution in [3.8, 4) is 0 Å². The Morgan fingerprint density at radius 2 is 0.750 bits per heavy atom. The zero-order valence-electron chi connectivity index (χ0n) is 30.8. The number of rotatable bonds is 23. The minimum atomic E-state index is -0.0868. The molecule has 6 atom stereocenters. The van der Waals surface area contributed by atoms with E-state index < -0.39 is 0 Å². The summed E-state index contributed by atoms with van der Waals surface area (Å²) in [5.74, 6) is 3.10. The van der Waals surface area contributed by atoms with Gasteiger partial charge in [0, 0.05) is 14.2 Å². The molecule has 0 aromatic heterocycles. The molecule has 0 aliphatic rings. The van der Waals surface area contributed by atoms with Gasteiger partial charge in [0.2, 0.25) is 0 Å². The Morgan fingerprint density at radius 1 is 0.432 bits per heavy atom. The van der Waals surface area contributed by atoms with Crippen LogP contribution in [-0.2, 0) is 9.47 Å². The first-order valence-electron chi connectivity index (χ1n) is 17.1. The van der Waals surface area contributed by atoms with Crippen LogP contribution >= 0.6 is 0 Å². The van der Waals surface area contributed by atoms with E-state index in [9.17, 15) is 0 Å². The number of ether oxygens (including phenoxy) is 2. The van der Waals surface area contributed by atoms with Crippen LogP contribution in [0.2, 0.25) is 0 Å². The fourth-order valence-electron chi connectivity index (χ4n) is 4.33. The van der Waals surface area contributed by atoms with E-state index in [4.69, 9.17) is 9.47 Å². The molecular formula is C42H70O2. The number of methoxy groups -OCH3 is 2. The maximum absolute atomic E-state index is 5.48. The number of hydrogen-bond donors (Lipinski definition) is 0. The minimum absolute atomic E-state index is 0.0806. The minimum Gasteiger partial charge on any atom is -0.378 e. The Labute approximate surface area is 274 Å². The van der Waals surface area contributed by atoms with Crippen LogP contribution in [0, 0.1) is 35.5 Å². The van der Waals surface area contributed by atoms with E-state index >= 15 is 0 Å². The number of hydrogen-bond acceptors (Lipinski definition) is 2. The van der Waals surface area contributed by atoms with Crippen molar-refractivity contribution in [2.24, 2.45) is 35.5 Å². The fourth-order valence-corrected chi connectivity index (χ4v) is 4.33. The van der Waals surface area contributed by atoms with Crippen molar-refractivity contribution in [2.45, 2.75) is 119 Å². The molecular weight excluding hydrogens is 536 g/mol. The third-order valence-electron chi connectivity index (χ3n) is 8.04. The zero-order chi connectivity index (χ0) is 33.4. The van der Waals surface area contributed by atoms with Gasteiger partial charge < -0.3 is 9.47 Å². The summed E-state index contributed by atoms with van der Waals surface area (Å²) >= 11 is 0. The quantitative estimate of drug-likeness (QED) is 0.0851. The molecule has 0 aromatic carbocycles. The summed E-state index contributed by atoms with van der Waals surface area (Å²) in [5.41, 5.74) is -0.167. The smallest absolute Gasteiger partial charge is 0.0657 e. The highest BCUT2D eigenvalue weighted by atomic mass is 16.5. The van der Waals surface area contributed by atoms with Crippen LogP contribution in [0.25, 0.3) is 0 Å². The van der Waals surface area contributed by atoms with Gasteiger partial charge >= 0.3 is 0 Å². The summed E-state index contributed by atoms with van der Waals surface area (Å²) in [7, 11) is 3.55. The average Bonchev–Trinajstić information content (AvgIpc) is 2.95. The lowest BCUT2D eigenvalue weighted by molar-refractivity contribution is 0.0251. The molecule has 0 heterocycles. The van der Waals surface area contributed by atoms with Gasteiger partial charge in [0.25, 0.3) is 0 Å². The van der Waals surface area contributed by atoms with Crippen LogP contribution in [0.4, 0.5) is 0 Å². The van der Waals surface area contributed by atoms with Crippen LogP contribution in [0.15, 0.2) is 97.2 Å². The first-order chi connectivity index (χ1) is 20.7. The molecule has 2 nitrogen and oxygen atoms in total. The molecule has 0 radical (unpaired) electrons. The molecule has 2 heteroatoms. The Bertz CT molecular complexity index is 952. The second-order valence-electron chi connectivity index (χ2n) is 14.3. The predicted molar refractivity (Wildman–Crippen MR) is 198 cm³/mol. The molecule has 0 aliphatic heterocycles. The lowest BCUT2D eigenvalue weighted by Gasteiger charge is -2.20. The largest absolute Gasteiger partial charge is 0.378 e. The predicted octanol–water partition coefficient (Wildman–Crippen LogP) is 12.4. The standard InChI is InChI=1S/C42H70O2/c1-35(23-15-25-37(3)27-17-29-39(5)31-19-33-41(7,8)43-11)21-13-14-22-36(2)24-16-26-38(4)28-18-30-40(6)32-20-34-42(9,10)44-12/h13-24,27,30-32,35-40H,25-26,28-29,33-34H2,1-12H3/b21-13+,22-14+,23-15+,24-16+,27-17+,30-18+,31-19+,32-20+. The maximum atomic E-state index is 5.48. The SMILES string of the molecule is COC(C)(C)C/C=C/C(C)/C=C/CC(C)C/C=C/C(C)/C=C/C=C/C(C)/C=C/CC(C)/C=C/CC(C)/C=C/CC(C)(C)OC. The second-order valence-corrected chi connectivity index (χ2v) is 14.3. The van der Waals surface area contributed by atoms with E-state index in [2.05, 4.69) is 166 Å². The number of allylic oxidation sites excluding steroid dienone is 14. The molecule has 0 saturated heterocycles. The van der Waals surface area contributed by atoms with Crippen LogP contribution in [0.1, 0.15) is 108 Å². The molecule has 0 spiro atoms. The molecule has 0 fully saturated rings. The Kier molecular flexibility index (Phi) is 22.9. The zero-order valence-corrected chi connectivity index (χ0v) is 30.8. The maximum Gasteiger partial charge on any atom is 0.0657 e. The van der Waals surface area contributed by atoms with Gasteiger partial charge in [0.05, 0.1) is 11.2 Å². The molecule has 0 bridgehead atoms. The molecule has 0 amide bonds. The van der Waals surface area contributed by atoms with Crippen molar-refractivity contribution < 1.29 is 9.47 Å². The fraction of sp³-hybridized carbons (Fsp3) is 0.619. The van der Waals surface area contributed by atoms with Crippen molar-refractivity contribution >= 4 is 0 Å². The van der Waals surface area contributed by atoms with Crippen LogP contribution in [0.5, 0.6) is 0 Å². The third kappa shape index (κ3) is 25.2. The lowest BCUT2D eigenvalue weighted by Crippen LogP contribution is -2.20. The highest BCUT2D eigenvalue weighted by Crippen LogP contribution is 2.17. The van der Waals surface area contributed by atoms with E-state index in [0.29, 0.717) is 35.5 Å². The highest BCUT2D eigenvalue weighted by molar-refractivity contribution is 5.11. The van der Waals surface area contributed by atoms with E-state index in [1.165, 1.54) is 0 Å². The molecule has 0 N–H and O–H groups in total. The first kappa shape index (κ1) is 41.8. The summed E-state index contributed by atoms with van der Waals surface area (Å²) in [6.07, 6.45) is 42.9. The van der Waals surface area contributed by atoms with Gasteiger partial charge in [0.15, 0.2) is 0 Å². The molecule has 0 aliphatic carbocycles. The molecule has 0 aromatic rings. The molecule has 44 heavy (non-hydrogen) atoms. The molecule has 0 saturated carbocycles. The summed E-state index contributed by atoms with van der Waals surface area (Å²) in [6, 6.07) is 0. The van der Waals surface area contributed by atoms with Crippen molar-refractivity contribution in [1.29, 1.82) is 0 Å². The van der Waals surface area contributed by atoms with Crippen LogP contribution in [0.3, 0.4) is 0 Å². The average molecular weight is 607 g/mol. The topological polar surface area (TPSA) is 18.5 Å². The van der Waals surface area contributed by atoms with E-state index in [0.717, 1.165) is 38.5 Å². The van der Waals surface area contributed by atoms with Crippen molar-refractivity contribution in [3.63, 3.8) is 0 Å². The van der Waals surface area contributed by atoms with Gasteiger partial charge in [0.1, 0.15) is 0 Å². The Balaban J connectivity index is 4.30. The molecule has 0 rings (SSSR count). The van der Waals surface area contributed by atoms with Gasteiger partial charge in [-0.05, 0) is 102 Å². The lowest BCUT2D eigenvalue weighted by atomic mass is 9.99. The normalized spacial score (nSPS) is 18.4. The summed E-state index contributed by atoms with van der Waals surface area (Å²) < 4.78 is 11.0. The van der Waals surface area contributed by atoms with Crippen LogP contribution < -0.4 is 0 Å². The van der Waals surface area contributed by atoms with Crippen molar-refractivity contribution in [1.82, 2.24) is 0 Å². The van der Waals surface area contributed by atoms with Crippen molar-refractivity contribution in [2.75, 3.05) is 14.2 Å². The molecule has 250 valence electrons. The van der Waals surface area contributed by atoms with Crippen molar-refractivity contribution in [3.05, 3.63) is 97.2 Å². The first-order valence-corrected chi connectivity index (χ1v) is 17.1. The summed E-state index contributed by atoms with van der Waals surface area (Å²) in [6.45, 7) is 22.1. The van der Waals surface area contributed by atoms with E-state index in [1.54, 1.807) is 14.2 Å². The Hall–Kier alpha value is -2.16. The van der Waals surface area contributed by atoms with Gasteiger partial charge in [-0.25, -0.2) is 0 Å².